The van der Waals surface area contributed by atoms with Gasteiger partial charge in [0.25, 0.3) is 0 Å². The molecule has 0 aliphatic carbocycles. The molecule has 3 N–H and O–H groups in total. The summed E-state index contributed by atoms with van der Waals surface area (Å²) in [5.41, 5.74) is 11.1. The second-order valence-corrected chi connectivity index (χ2v) is 10.8. The Kier molecular flexibility index (Phi) is 5.60. The standard InChI is InChI=1S/C24H27N7O3S/c1-26-12-19(25)21-7-5-16(11-27-21)15-4-6-20-18(10-15)23-22(13-28-20)29(2)24(32)31(23)17-8-9-30(14-17)35(3,33)34/h4-7,10-13,17,26H,8-9,14,25H2,1-3H3/b19-12-. The third-order valence-corrected chi connectivity index (χ3v) is 7.84. The van der Waals surface area contributed by atoms with Crippen molar-refractivity contribution in [1.29, 1.82) is 0 Å². The number of benzene rings is 1. The topological polar surface area (TPSA) is 128 Å². The van der Waals surface area contributed by atoms with Crippen LogP contribution in [0.25, 0.3) is 38.8 Å². The highest BCUT2D eigenvalue weighted by atomic mass is 32.2. The highest BCUT2D eigenvalue weighted by Crippen LogP contribution is 2.32. The summed E-state index contributed by atoms with van der Waals surface area (Å²) in [7, 11) is 0.166. The van der Waals surface area contributed by atoms with E-state index in [9.17, 15) is 13.2 Å². The Balaban J connectivity index is 1.65. The van der Waals surface area contributed by atoms with Crippen molar-refractivity contribution in [2.75, 3.05) is 26.4 Å². The summed E-state index contributed by atoms with van der Waals surface area (Å²) in [6, 6.07) is 9.46. The number of hydrogen-bond donors (Lipinski definition) is 2. The molecule has 0 saturated carbocycles. The predicted octanol–water partition coefficient (Wildman–Crippen LogP) is 1.63. The first kappa shape index (κ1) is 23.1. The molecular formula is C24H27N7O3S. The molecule has 0 amide bonds. The van der Waals surface area contributed by atoms with Gasteiger partial charge in [-0.15, -0.1) is 0 Å². The van der Waals surface area contributed by atoms with Crippen LogP contribution in [0.4, 0.5) is 0 Å². The molecule has 1 atom stereocenters. The fourth-order valence-electron chi connectivity index (χ4n) is 4.73. The fraction of sp³-hybridized carbons (Fsp3) is 0.292. The van der Waals surface area contributed by atoms with Crippen molar-refractivity contribution in [3.8, 4) is 11.1 Å². The van der Waals surface area contributed by atoms with Crippen molar-refractivity contribution in [2.45, 2.75) is 12.5 Å². The van der Waals surface area contributed by atoms with E-state index in [0.29, 0.717) is 29.9 Å². The van der Waals surface area contributed by atoms with E-state index in [1.807, 2.05) is 30.3 Å². The molecule has 11 heteroatoms. The Hall–Kier alpha value is -3.70. The molecule has 1 fully saturated rings. The number of imidazole rings is 1. The van der Waals surface area contributed by atoms with Crippen LogP contribution < -0.4 is 16.7 Å². The summed E-state index contributed by atoms with van der Waals surface area (Å²) in [4.78, 5) is 22.3. The summed E-state index contributed by atoms with van der Waals surface area (Å²) in [5, 5.41) is 3.72. The minimum absolute atomic E-state index is 0.183. The number of aromatic nitrogens is 4. The molecule has 4 aromatic rings. The third-order valence-electron chi connectivity index (χ3n) is 6.57. The Bertz CT molecular complexity index is 1640. The number of pyridine rings is 2. The average molecular weight is 494 g/mol. The molecule has 10 nitrogen and oxygen atoms in total. The molecule has 0 bridgehead atoms. The van der Waals surface area contributed by atoms with Crippen LogP contribution in [-0.4, -0.2) is 58.2 Å². The number of aryl methyl sites for hydroxylation is 1. The minimum Gasteiger partial charge on any atom is -0.396 e. The van der Waals surface area contributed by atoms with Crippen molar-refractivity contribution >= 4 is 37.7 Å². The molecule has 35 heavy (non-hydrogen) atoms. The lowest BCUT2D eigenvalue weighted by Crippen LogP contribution is -2.31. The van der Waals surface area contributed by atoms with Gasteiger partial charge in [0.1, 0.15) is 0 Å². The molecule has 5 rings (SSSR count). The second-order valence-electron chi connectivity index (χ2n) is 8.82. The first-order chi connectivity index (χ1) is 16.7. The molecule has 3 aromatic heterocycles. The zero-order valence-electron chi connectivity index (χ0n) is 19.8. The number of hydrogen-bond acceptors (Lipinski definition) is 7. The monoisotopic (exact) mass is 493 g/mol. The number of rotatable bonds is 5. The Morgan fingerprint density at radius 2 is 1.94 bits per heavy atom. The van der Waals surface area contributed by atoms with E-state index in [4.69, 9.17) is 5.73 Å². The highest BCUT2D eigenvalue weighted by molar-refractivity contribution is 7.88. The predicted molar refractivity (Wildman–Crippen MR) is 137 cm³/mol. The quantitative estimate of drug-likeness (QED) is 0.432. The Morgan fingerprint density at radius 3 is 2.60 bits per heavy atom. The van der Waals surface area contributed by atoms with Gasteiger partial charge in [-0.05, 0) is 30.2 Å². The van der Waals surface area contributed by atoms with Gasteiger partial charge in [-0.2, -0.15) is 0 Å². The van der Waals surface area contributed by atoms with Gasteiger partial charge in [0.05, 0.1) is 46.4 Å². The lowest BCUT2D eigenvalue weighted by molar-refractivity contribution is 0.454. The van der Waals surface area contributed by atoms with Crippen molar-refractivity contribution in [3.05, 3.63) is 65.1 Å². The third kappa shape index (κ3) is 3.96. The van der Waals surface area contributed by atoms with Gasteiger partial charge in [-0.1, -0.05) is 12.1 Å². The number of fused-ring (bicyclic) bond motifs is 3. The zero-order valence-corrected chi connectivity index (χ0v) is 20.6. The smallest absolute Gasteiger partial charge is 0.329 e. The SMILES string of the molecule is CN/C=C(\N)c1ccc(-c2ccc3ncc4c(c3c2)n(C2CCN(S(C)(=O)=O)C2)c(=O)n4C)cn1. The van der Waals surface area contributed by atoms with Gasteiger partial charge >= 0.3 is 5.69 Å². The Labute approximate surface area is 202 Å². The first-order valence-electron chi connectivity index (χ1n) is 11.2. The molecule has 4 heterocycles. The van der Waals surface area contributed by atoms with Crippen LogP contribution in [0.5, 0.6) is 0 Å². The van der Waals surface area contributed by atoms with Crippen LogP contribution in [-0.2, 0) is 17.1 Å². The van der Waals surface area contributed by atoms with Crippen LogP contribution in [0, 0.1) is 0 Å². The van der Waals surface area contributed by atoms with Gasteiger partial charge in [-0.3, -0.25) is 19.1 Å². The van der Waals surface area contributed by atoms with Gasteiger partial charge in [0.15, 0.2) is 0 Å². The van der Waals surface area contributed by atoms with Gasteiger partial charge in [-0.25, -0.2) is 17.5 Å². The van der Waals surface area contributed by atoms with Crippen molar-refractivity contribution < 1.29 is 8.42 Å². The maximum absolute atomic E-state index is 13.3. The van der Waals surface area contributed by atoms with Crippen LogP contribution in [0.15, 0.2) is 53.7 Å². The molecule has 1 aliphatic rings. The molecule has 1 saturated heterocycles. The summed E-state index contributed by atoms with van der Waals surface area (Å²) in [5.74, 6) is 0. The van der Waals surface area contributed by atoms with E-state index in [-0.39, 0.29) is 18.3 Å². The molecule has 1 unspecified atom stereocenters. The summed E-state index contributed by atoms with van der Waals surface area (Å²) in [6.07, 6.45) is 6.92. The van der Waals surface area contributed by atoms with Crippen molar-refractivity contribution in [2.24, 2.45) is 12.8 Å². The maximum Gasteiger partial charge on any atom is 0.329 e. The lowest BCUT2D eigenvalue weighted by Gasteiger charge is -2.15. The summed E-state index contributed by atoms with van der Waals surface area (Å²) < 4.78 is 28.9. The minimum atomic E-state index is -3.33. The molecule has 1 aromatic carbocycles. The number of nitrogens with two attached hydrogens (primary N) is 1. The van der Waals surface area contributed by atoms with E-state index in [1.165, 1.54) is 10.6 Å². The van der Waals surface area contributed by atoms with E-state index >= 15 is 0 Å². The first-order valence-corrected chi connectivity index (χ1v) is 13.1. The molecule has 0 spiro atoms. The lowest BCUT2D eigenvalue weighted by atomic mass is 10.0. The molecular weight excluding hydrogens is 466 g/mol. The van der Waals surface area contributed by atoms with Crippen molar-refractivity contribution in [3.63, 3.8) is 0 Å². The fourth-order valence-corrected chi connectivity index (χ4v) is 5.61. The number of nitrogens with one attached hydrogen (secondary N) is 1. The number of sulfonamides is 1. The second kappa shape index (κ2) is 8.51. The van der Waals surface area contributed by atoms with Crippen LogP contribution in [0.1, 0.15) is 18.2 Å². The highest BCUT2D eigenvalue weighted by Gasteiger charge is 2.32. The Morgan fingerprint density at radius 1 is 1.17 bits per heavy atom. The van der Waals surface area contributed by atoms with Crippen LogP contribution in [0.2, 0.25) is 0 Å². The molecule has 182 valence electrons. The summed E-state index contributed by atoms with van der Waals surface area (Å²) in [6.45, 7) is 0.665. The van der Waals surface area contributed by atoms with Gasteiger partial charge < -0.3 is 11.1 Å². The average Bonchev–Trinajstić information content (AvgIpc) is 3.43. The van der Waals surface area contributed by atoms with E-state index in [0.717, 1.165) is 27.5 Å². The molecule has 0 radical (unpaired) electrons. The van der Waals surface area contributed by atoms with Crippen LogP contribution in [0.3, 0.4) is 0 Å². The van der Waals surface area contributed by atoms with E-state index < -0.39 is 10.0 Å². The van der Waals surface area contributed by atoms with Gasteiger partial charge in [0.2, 0.25) is 10.0 Å². The maximum atomic E-state index is 13.3. The normalized spacial score (nSPS) is 17.5. The largest absolute Gasteiger partial charge is 0.396 e. The van der Waals surface area contributed by atoms with E-state index in [1.54, 1.807) is 41.8 Å². The zero-order chi connectivity index (χ0) is 24.9. The molecule has 1 aliphatic heterocycles. The summed E-state index contributed by atoms with van der Waals surface area (Å²) >= 11 is 0. The number of nitrogens with zero attached hydrogens (tertiary/aromatic N) is 5. The van der Waals surface area contributed by atoms with Crippen molar-refractivity contribution in [1.82, 2.24) is 28.7 Å². The van der Waals surface area contributed by atoms with Crippen LogP contribution >= 0.6 is 0 Å². The van der Waals surface area contributed by atoms with Gasteiger partial charge in [0, 0.05) is 50.5 Å². The van der Waals surface area contributed by atoms with E-state index in [2.05, 4.69) is 15.3 Å².